The maximum atomic E-state index is 13.3. The van der Waals surface area contributed by atoms with E-state index < -0.39 is 18.5 Å². The monoisotopic (exact) mass is 492 g/mol. The first-order valence-electron chi connectivity index (χ1n) is 9.79. The summed E-state index contributed by atoms with van der Waals surface area (Å²) in [4.78, 5) is 29.7. The highest BCUT2D eigenvalue weighted by Gasteiger charge is 2.17. The van der Waals surface area contributed by atoms with Crippen molar-refractivity contribution >= 4 is 44.4 Å². The van der Waals surface area contributed by atoms with E-state index in [2.05, 4.69) is 26.2 Å². The number of hydrogen-bond donors (Lipinski definition) is 1. The Bertz CT molecular complexity index is 1320. The van der Waals surface area contributed by atoms with Crippen LogP contribution in [0.4, 0.5) is 10.1 Å². The minimum absolute atomic E-state index is 0.280. The molecule has 0 bridgehead atoms. The van der Waals surface area contributed by atoms with Gasteiger partial charge in [0.2, 0.25) is 0 Å². The number of nitrogens with one attached hydrogen (secondary N) is 1. The molecule has 0 fully saturated rings. The number of carbonyl (C=O) groups is 2. The van der Waals surface area contributed by atoms with E-state index in [1.165, 1.54) is 12.1 Å². The fourth-order valence-electron chi connectivity index (χ4n) is 3.24. The van der Waals surface area contributed by atoms with Gasteiger partial charge >= 0.3 is 5.97 Å². The van der Waals surface area contributed by atoms with Crippen LogP contribution in [-0.2, 0) is 9.53 Å². The normalized spacial score (nSPS) is 10.7. The molecule has 0 aliphatic rings. The van der Waals surface area contributed by atoms with Crippen LogP contribution in [0.5, 0.6) is 0 Å². The smallest absolute Gasteiger partial charge is 0.339 e. The van der Waals surface area contributed by atoms with Crippen LogP contribution in [0, 0.1) is 12.7 Å². The van der Waals surface area contributed by atoms with Crippen LogP contribution in [-0.4, -0.2) is 23.5 Å². The number of halogens is 2. The van der Waals surface area contributed by atoms with E-state index >= 15 is 0 Å². The van der Waals surface area contributed by atoms with E-state index in [1.807, 2.05) is 25.1 Å². The molecular weight excluding hydrogens is 475 g/mol. The number of esters is 1. The molecule has 1 aromatic heterocycles. The second kappa shape index (κ2) is 9.28. The van der Waals surface area contributed by atoms with E-state index in [9.17, 15) is 14.0 Å². The van der Waals surface area contributed by atoms with Crippen LogP contribution >= 0.6 is 15.9 Å². The molecule has 0 aliphatic carbocycles. The molecule has 0 saturated heterocycles. The van der Waals surface area contributed by atoms with E-state index in [4.69, 9.17) is 4.74 Å². The summed E-state index contributed by atoms with van der Waals surface area (Å²) in [5, 5.41) is 3.32. The summed E-state index contributed by atoms with van der Waals surface area (Å²) in [6.45, 7) is 1.48. The molecule has 5 nitrogen and oxygen atoms in total. The molecule has 0 saturated carbocycles. The minimum atomic E-state index is -0.644. The number of benzene rings is 3. The van der Waals surface area contributed by atoms with Crippen LogP contribution in [0.15, 0.2) is 77.3 Å². The van der Waals surface area contributed by atoms with E-state index in [1.54, 1.807) is 42.5 Å². The van der Waals surface area contributed by atoms with Gasteiger partial charge in [0.05, 0.1) is 16.8 Å². The second-order valence-electron chi connectivity index (χ2n) is 7.17. The van der Waals surface area contributed by atoms with E-state index in [0.717, 1.165) is 10.0 Å². The number of nitrogens with zero attached hydrogens (tertiary/aromatic N) is 1. The number of pyridine rings is 1. The first-order valence-corrected chi connectivity index (χ1v) is 10.6. The molecule has 160 valence electrons. The van der Waals surface area contributed by atoms with Crippen LogP contribution in [0.1, 0.15) is 15.9 Å². The molecule has 7 heteroatoms. The van der Waals surface area contributed by atoms with Gasteiger partial charge in [0.25, 0.3) is 5.91 Å². The van der Waals surface area contributed by atoms with Crippen molar-refractivity contribution in [2.75, 3.05) is 11.9 Å². The Kier molecular flexibility index (Phi) is 6.28. The lowest BCUT2D eigenvalue weighted by molar-refractivity contribution is -0.119. The van der Waals surface area contributed by atoms with Crippen LogP contribution in [0.3, 0.4) is 0 Å². The Morgan fingerprint density at radius 1 is 1.03 bits per heavy atom. The van der Waals surface area contributed by atoms with Crippen molar-refractivity contribution in [3.63, 3.8) is 0 Å². The van der Waals surface area contributed by atoms with Crippen molar-refractivity contribution in [2.24, 2.45) is 0 Å². The highest BCUT2D eigenvalue weighted by atomic mass is 79.9. The molecule has 0 unspecified atom stereocenters. The zero-order valence-corrected chi connectivity index (χ0v) is 18.6. The molecule has 3 aromatic carbocycles. The fraction of sp³-hybridized carbons (Fsp3) is 0.0800. The molecule has 0 radical (unpaired) electrons. The maximum absolute atomic E-state index is 13.3. The number of hydrogen-bond acceptors (Lipinski definition) is 4. The SMILES string of the molecule is Cc1cc(NC(=O)COC(=O)c2cc(-c3ccc(F)cc3)nc3ccccc23)ccc1Br. The number of anilines is 1. The maximum Gasteiger partial charge on any atom is 0.339 e. The predicted octanol–water partition coefficient (Wildman–Crippen LogP) is 5.91. The Labute approximate surface area is 192 Å². The van der Waals surface area contributed by atoms with Crippen molar-refractivity contribution in [1.29, 1.82) is 0 Å². The molecular formula is C25H18BrFN2O3. The van der Waals surface area contributed by atoms with Crippen LogP contribution in [0.2, 0.25) is 0 Å². The van der Waals surface area contributed by atoms with Gasteiger partial charge in [-0.1, -0.05) is 34.1 Å². The van der Waals surface area contributed by atoms with Crippen molar-refractivity contribution in [2.45, 2.75) is 6.92 Å². The number of fused-ring (bicyclic) bond motifs is 1. The molecule has 4 rings (SSSR count). The standard InChI is InChI=1S/C25H18BrFN2O3/c1-15-12-18(10-11-21(15)26)28-24(30)14-32-25(31)20-13-23(16-6-8-17(27)9-7-16)29-22-5-3-2-4-19(20)22/h2-13H,14H2,1H3,(H,28,30). The quantitative estimate of drug-likeness (QED) is 0.351. The number of para-hydroxylation sites is 1. The predicted molar refractivity (Wildman–Crippen MR) is 125 cm³/mol. The summed E-state index contributed by atoms with van der Waals surface area (Å²) < 4.78 is 19.5. The molecule has 1 heterocycles. The Balaban J connectivity index is 1.55. The summed E-state index contributed by atoms with van der Waals surface area (Å²) in [6.07, 6.45) is 0. The van der Waals surface area contributed by atoms with Gasteiger partial charge in [-0.3, -0.25) is 4.79 Å². The Morgan fingerprint density at radius 2 is 1.78 bits per heavy atom. The zero-order valence-electron chi connectivity index (χ0n) is 17.1. The Hall–Kier alpha value is -3.58. The number of amides is 1. The lowest BCUT2D eigenvalue weighted by Gasteiger charge is -2.11. The summed E-state index contributed by atoms with van der Waals surface area (Å²) in [6, 6.07) is 20.0. The summed E-state index contributed by atoms with van der Waals surface area (Å²) >= 11 is 3.41. The number of aromatic nitrogens is 1. The number of ether oxygens (including phenoxy) is 1. The lowest BCUT2D eigenvalue weighted by Crippen LogP contribution is -2.21. The van der Waals surface area contributed by atoms with Crippen molar-refractivity contribution in [3.8, 4) is 11.3 Å². The average molecular weight is 493 g/mol. The largest absolute Gasteiger partial charge is 0.452 e. The van der Waals surface area contributed by atoms with Gasteiger partial charge in [-0.25, -0.2) is 14.2 Å². The van der Waals surface area contributed by atoms with Crippen LogP contribution in [0.25, 0.3) is 22.2 Å². The molecule has 32 heavy (non-hydrogen) atoms. The molecule has 0 aliphatic heterocycles. The summed E-state index contributed by atoms with van der Waals surface area (Å²) in [7, 11) is 0. The Morgan fingerprint density at radius 3 is 2.53 bits per heavy atom. The summed E-state index contributed by atoms with van der Waals surface area (Å²) in [5.41, 5.74) is 3.62. The van der Waals surface area contributed by atoms with Gasteiger partial charge in [-0.2, -0.15) is 0 Å². The van der Waals surface area contributed by atoms with Crippen molar-refractivity contribution in [3.05, 3.63) is 94.2 Å². The van der Waals surface area contributed by atoms with Crippen molar-refractivity contribution in [1.82, 2.24) is 4.98 Å². The topological polar surface area (TPSA) is 68.3 Å². The first kappa shape index (κ1) is 21.6. The van der Waals surface area contributed by atoms with Crippen molar-refractivity contribution < 1.29 is 18.7 Å². The molecule has 1 N–H and O–H groups in total. The third-order valence-corrected chi connectivity index (χ3v) is 5.74. The number of rotatable bonds is 5. The highest BCUT2D eigenvalue weighted by molar-refractivity contribution is 9.10. The second-order valence-corrected chi connectivity index (χ2v) is 8.02. The fourth-order valence-corrected chi connectivity index (χ4v) is 3.49. The molecule has 0 atom stereocenters. The highest BCUT2D eigenvalue weighted by Crippen LogP contribution is 2.26. The number of aryl methyl sites for hydroxylation is 1. The van der Waals surface area contributed by atoms with Gasteiger partial charge in [0, 0.05) is 21.1 Å². The lowest BCUT2D eigenvalue weighted by atomic mass is 10.0. The van der Waals surface area contributed by atoms with Gasteiger partial charge in [-0.05, 0) is 67.1 Å². The zero-order chi connectivity index (χ0) is 22.7. The number of carbonyl (C=O) groups excluding carboxylic acids is 2. The van der Waals surface area contributed by atoms with Gasteiger partial charge in [-0.15, -0.1) is 0 Å². The average Bonchev–Trinajstić information content (AvgIpc) is 2.79. The van der Waals surface area contributed by atoms with E-state index in [0.29, 0.717) is 27.8 Å². The first-order chi connectivity index (χ1) is 15.4. The summed E-state index contributed by atoms with van der Waals surface area (Å²) in [5.74, 6) is -1.45. The van der Waals surface area contributed by atoms with Gasteiger partial charge < -0.3 is 10.1 Å². The third kappa shape index (κ3) is 4.84. The third-order valence-electron chi connectivity index (χ3n) is 4.85. The molecule has 4 aromatic rings. The minimum Gasteiger partial charge on any atom is -0.452 e. The van der Waals surface area contributed by atoms with Gasteiger partial charge in [0.1, 0.15) is 5.82 Å². The van der Waals surface area contributed by atoms with E-state index in [-0.39, 0.29) is 11.4 Å². The molecule has 0 spiro atoms. The van der Waals surface area contributed by atoms with Gasteiger partial charge in [0.15, 0.2) is 6.61 Å². The molecule has 1 amide bonds. The van der Waals surface area contributed by atoms with Crippen LogP contribution < -0.4 is 5.32 Å².